The summed E-state index contributed by atoms with van der Waals surface area (Å²) in [6.07, 6.45) is 6.15. The standard InChI is InChI=1S/C19H23N3O2/c23-17(20-13-7-8-13)15-9-12-6-5-11(15)10-19(12)21-16-4-2-1-3-14(16)18(24)22-19/h1-4,11-13,15,21H,5-10H2,(H,20,23)(H,22,24)/t11?,12?,15?,19-/m1/s1. The minimum Gasteiger partial charge on any atom is -0.362 e. The van der Waals surface area contributed by atoms with Crippen molar-refractivity contribution in [2.45, 2.75) is 50.2 Å². The predicted molar refractivity (Wildman–Crippen MR) is 90.4 cm³/mol. The second-order valence-electron chi connectivity index (χ2n) is 7.96. The van der Waals surface area contributed by atoms with E-state index in [9.17, 15) is 9.59 Å². The van der Waals surface area contributed by atoms with Gasteiger partial charge in [-0.1, -0.05) is 12.1 Å². The average molecular weight is 325 g/mol. The van der Waals surface area contributed by atoms with Gasteiger partial charge >= 0.3 is 0 Å². The van der Waals surface area contributed by atoms with Crippen molar-refractivity contribution >= 4 is 17.5 Å². The predicted octanol–water partition coefficient (Wildman–Crippen LogP) is 2.25. The summed E-state index contributed by atoms with van der Waals surface area (Å²) < 4.78 is 0. The Kier molecular flexibility index (Phi) is 2.97. The molecule has 1 spiro atoms. The van der Waals surface area contributed by atoms with Gasteiger partial charge in [0.05, 0.1) is 5.56 Å². The molecule has 4 saturated carbocycles. The molecule has 1 aliphatic heterocycles. The third-order valence-corrected chi connectivity index (χ3v) is 6.40. The van der Waals surface area contributed by atoms with E-state index in [2.05, 4.69) is 16.0 Å². The van der Waals surface area contributed by atoms with E-state index in [-0.39, 0.29) is 23.4 Å². The molecule has 6 rings (SSSR count). The first-order valence-electron chi connectivity index (χ1n) is 9.15. The zero-order chi connectivity index (χ0) is 16.3. The molecule has 5 nitrogen and oxygen atoms in total. The van der Waals surface area contributed by atoms with E-state index in [4.69, 9.17) is 0 Å². The Hall–Kier alpha value is -2.04. The number of hydrogen-bond acceptors (Lipinski definition) is 3. The summed E-state index contributed by atoms with van der Waals surface area (Å²) in [5.74, 6) is 1.04. The van der Waals surface area contributed by atoms with Gasteiger partial charge in [0.2, 0.25) is 5.91 Å². The molecule has 5 heteroatoms. The maximum Gasteiger partial charge on any atom is 0.255 e. The van der Waals surface area contributed by atoms with E-state index in [1.807, 2.05) is 24.3 Å². The van der Waals surface area contributed by atoms with Gasteiger partial charge in [-0.05, 0) is 56.6 Å². The normalized spacial score (nSPS) is 36.7. The fourth-order valence-corrected chi connectivity index (χ4v) is 5.00. The Bertz CT molecular complexity index is 714. The summed E-state index contributed by atoms with van der Waals surface area (Å²) in [6.45, 7) is 0. The second-order valence-corrected chi connectivity index (χ2v) is 7.96. The summed E-state index contributed by atoms with van der Waals surface area (Å²) in [4.78, 5) is 25.1. The van der Waals surface area contributed by atoms with Gasteiger partial charge < -0.3 is 16.0 Å². The Morgan fingerprint density at radius 2 is 1.96 bits per heavy atom. The van der Waals surface area contributed by atoms with Gasteiger partial charge in [-0.25, -0.2) is 0 Å². The van der Waals surface area contributed by atoms with Gasteiger partial charge in [0.15, 0.2) is 0 Å². The first kappa shape index (κ1) is 14.3. The van der Waals surface area contributed by atoms with Crippen LogP contribution in [-0.4, -0.2) is 23.5 Å². The van der Waals surface area contributed by atoms with E-state index in [1.165, 1.54) is 0 Å². The molecule has 2 amide bonds. The zero-order valence-corrected chi connectivity index (χ0v) is 13.7. The lowest BCUT2D eigenvalue weighted by molar-refractivity contribution is -0.132. The van der Waals surface area contributed by atoms with E-state index in [0.717, 1.165) is 44.2 Å². The van der Waals surface area contributed by atoms with Gasteiger partial charge in [-0.15, -0.1) is 0 Å². The molecule has 4 atom stereocenters. The van der Waals surface area contributed by atoms with Crippen molar-refractivity contribution in [3.63, 3.8) is 0 Å². The van der Waals surface area contributed by atoms with Crippen molar-refractivity contribution in [1.82, 2.24) is 10.6 Å². The van der Waals surface area contributed by atoms with E-state index in [0.29, 0.717) is 23.4 Å². The van der Waals surface area contributed by atoms with Crippen molar-refractivity contribution in [3.05, 3.63) is 29.8 Å². The van der Waals surface area contributed by atoms with Crippen LogP contribution < -0.4 is 16.0 Å². The molecule has 24 heavy (non-hydrogen) atoms. The van der Waals surface area contributed by atoms with Crippen molar-refractivity contribution in [2.24, 2.45) is 17.8 Å². The van der Waals surface area contributed by atoms with Crippen LogP contribution in [0.5, 0.6) is 0 Å². The number of fused-ring (bicyclic) bond motifs is 3. The number of anilines is 1. The van der Waals surface area contributed by atoms with Gasteiger partial charge in [0, 0.05) is 23.6 Å². The number of para-hydroxylation sites is 1. The van der Waals surface area contributed by atoms with Crippen LogP contribution in [0.4, 0.5) is 5.69 Å². The Morgan fingerprint density at radius 1 is 1.12 bits per heavy atom. The molecule has 4 aliphatic carbocycles. The van der Waals surface area contributed by atoms with Gasteiger partial charge in [-0.3, -0.25) is 9.59 Å². The molecule has 1 heterocycles. The molecule has 5 aliphatic rings. The Balaban J connectivity index is 1.40. The molecule has 0 saturated heterocycles. The average Bonchev–Trinajstić information content (AvgIpc) is 3.39. The van der Waals surface area contributed by atoms with E-state index >= 15 is 0 Å². The van der Waals surface area contributed by atoms with Crippen LogP contribution in [-0.2, 0) is 4.79 Å². The Labute approximate surface area is 141 Å². The molecule has 1 aromatic carbocycles. The number of amides is 2. The SMILES string of the molecule is O=C1N[C@@]2(CC3CCC2CC3C(=O)NC2CC2)Nc2ccccc21. The number of rotatable bonds is 2. The molecule has 0 aromatic heterocycles. The summed E-state index contributed by atoms with van der Waals surface area (Å²) in [5, 5.41) is 10.1. The lowest BCUT2D eigenvalue weighted by Crippen LogP contribution is -2.68. The fourth-order valence-electron chi connectivity index (χ4n) is 5.00. The molecule has 3 N–H and O–H groups in total. The number of carbonyl (C=O) groups excluding carboxylic acids is 2. The molecule has 3 unspecified atom stereocenters. The number of benzene rings is 1. The molecular formula is C19H23N3O2. The monoisotopic (exact) mass is 325 g/mol. The lowest BCUT2D eigenvalue weighted by Gasteiger charge is -2.56. The smallest absolute Gasteiger partial charge is 0.255 e. The zero-order valence-electron chi connectivity index (χ0n) is 13.7. The van der Waals surface area contributed by atoms with Crippen LogP contribution in [0.15, 0.2) is 24.3 Å². The van der Waals surface area contributed by atoms with E-state index in [1.54, 1.807) is 0 Å². The largest absolute Gasteiger partial charge is 0.362 e. The molecule has 1 aromatic rings. The topological polar surface area (TPSA) is 70.2 Å². The molecule has 2 bridgehead atoms. The lowest BCUT2D eigenvalue weighted by atomic mass is 9.58. The van der Waals surface area contributed by atoms with Crippen molar-refractivity contribution < 1.29 is 9.59 Å². The molecular weight excluding hydrogens is 302 g/mol. The summed E-state index contributed by atoms with van der Waals surface area (Å²) in [5.41, 5.74) is 1.27. The minimum absolute atomic E-state index is 0.0101. The first-order chi connectivity index (χ1) is 11.6. The Morgan fingerprint density at radius 3 is 2.71 bits per heavy atom. The van der Waals surface area contributed by atoms with Crippen LogP contribution in [0.3, 0.4) is 0 Å². The van der Waals surface area contributed by atoms with Crippen LogP contribution in [0.1, 0.15) is 48.9 Å². The number of hydrogen-bond donors (Lipinski definition) is 3. The third-order valence-electron chi connectivity index (χ3n) is 6.40. The second kappa shape index (κ2) is 4.98. The highest BCUT2D eigenvalue weighted by Gasteiger charge is 2.55. The molecule has 4 fully saturated rings. The maximum absolute atomic E-state index is 12.6. The first-order valence-corrected chi connectivity index (χ1v) is 9.15. The third kappa shape index (κ3) is 2.14. The van der Waals surface area contributed by atoms with Gasteiger partial charge in [0.1, 0.15) is 5.66 Å². The minimum atomic E-state index is -0.370. The van der Waals surface area contributed by atoms with Gasteiger partial charge in [0.25, 0.3) is 5.91 Å². The summed E-state index contributed by atoms with van der Waals surface area (Å²) in [6, 6.07) is 8.12. The van der Waals surface area contributed by atoms with Crippen LogP contribution in [0.2, 0.25) is 0 Å². The van der Waals surface area contributed by atoms with Crippen LogP contribution in [0.25, 0.3) is 0 Å². The summed E-state index contributed by atoms with van der Waals surface area (Å²) >= 11 is 0. The fraction of sp³-hybridized carbons (Fsp3) is 0.579. The van der Waals surface area contributed by atoms with Gasteiger partial charge in [-0.2, -0.15) is 0 Å². The summed E-state index contributed by atoms with van der Waals surface area (Å²) in [7, 11) is 0. The van der Waals surface area contributed by atoms with Crippen LogP contribution in [0, 0.1) is 17.8 Å². The van der Waals surface area contributed by atoms with E-state index < -0.39 is 0 Å². The number of carbonyl (C=O) groups is 2. The maximum atomic E-state index is 12.6. The van der Waals surface area contributed by atoms with Crippen LogP contribution >= 0.6 is 0 Å². The highest BCUT2D eigenvalue weighted by molar-refractivity contribution is 6.02. The molecule has 0 radical (unpaired) electrons. The van der Waals surface area contributed by atoms with Crippen molar-refractivity contribution in [1.29, 1.82) is 0 Å². The highest BCUT2D eigenvalue weighted by Crippen LogP contribution is 2.51. The highest BCUT2D eigenvalue weighted by atomic mass is 16.2. The van der Waals surface area contributed by atoms with Crippen molar-refractivity contribution in [2.75, 3.05) is 5.32 Å². The van der Waals surface area contributed by atoms with Crippen molar-refractivity contribution in [3.8, 4) is 0 Å². The number of nitrogens with one attached hydrogen (secondary N) is 3. The quantitative estimate of drug-likeness (QED) is 0.781. The molecule has 126 valence electrons.